The lowest BCUT2D eigenvalue weighted by atomic mass is 10.2. The van der Waals surface area contributed by atoms with Crippen LogP contribution in [-0.4, -0.2) is 42.7 Å². The van der Waals surface area contributed by atoms with Crippen LogP contribution < -0.4 is 9.64 Å². The second-order valence-corrected chi connectivity index (χ2v) is 5.56. The van der Waals surface area contributed by atoms with E-state index < -0.39 is 26.0 Å². The number of rotatable bonds is 9. The van der Waals surface area contributed by atoms with Gasteiger partial charge in [0.1, 0.15) is 17.9 Å². The number of carboxylic acids is 1. The number of fused-ring (bicyclic) bond motifs is 1. The van der Waals surface area contributed by atoms with Crippen molar-refractivity contribution in [3.05, 3.63) is 59.9 Å². The first kappa shape index (κ1) is 13.7. The molecule has 0 atom stereocenters. The lowest BCUT2D eigenvalue weighted by molar-refractivity contribution is -0.136. The van der Waals surface area contributed by atoms with E-state index in [-0.39, 0.29) is 24.1 Å². The number of nitrogens with zero attached hydrogens (tertiary/aromatic N) is 2. The van der Waals surface area contributed by atoms with E-state index in [0.29, 0.717) is 21.6 Å². The Kier molecular flexibility index (Phi) is 4.36. The van der Waals surface area contributed by atoms with Crippen molar-refractivity contribution in [1.82, 2.24) is 4.98 Å². The molecule has 2 aromatic carbocycles. The van der Waals surface area contributed by atoms with Gasteiger partial charge in [0.2, 0.25) is 5.76 Å². The lowest BCUT2D eigenvalue weighted by Crippen LogP contribution is -2.23. The van der Waals surface area contributed by atoms with E-state index in [2.05, 4.69) is 4.98 Å². The molecule has 7 heteroatoms. The Bertz CT molecular complexity index is 1110. The fourth-order valence-electron chi connectivity index (χ4n) is 2.34. The third kappa shape index (κ3) is 4.82. The number of para-hydroxylation sites is 2. The van der Waals surface area contributed by atoms with Gasteiger partial charge in [-0.1, -0.05) is 24.3 Å². The Balaban J connectivity index is 1.78. The maximum absolute atomic E-state index is 11.2. The number of anilines is 1. The summed E-state index contributed by atoms with van der Waals surface area (Å²) in [5.41, 5.74) is 1.26. The number of carbonyl (C=O) groups is 1. The smallest absolute Gasteiger partial charge is 0.371 e. The van der Waals surface area contributed by atoms with Crippen molar-refractivity contribution in [2.75, 3.05) is 31.6 Å². The van der Waals surface area contributed by atoms with Crippen LogP contribution in [0.2, 0.25) is 0 Å². The van der Waals surface area contributed by atoms with Gasteiger partial charge < -0.3 is 23.9 Å². The van der Waals surface area contributed by atoms with E-state index in [9.17, 15) is 4.79 Å². The highest BCUT2D eigenvalue weighted by molar-refractivity contribution is 5.89. The van der Waals surface area contributed by atoms with E-state index in [1.165, 1.54) is 18.2 Å². The average molecular weight is 392 g/mol. The quantitative estimate of drug-likeness (QED) is 0.438. The third-order valence-electron chi connectivity index (χ3n) is 3.62. The summed E-state index contributed by atoms with van der Waals surface area (Å²) >= 11 is 0. The van der Waals surface area contributed by atoms with Crippen molar-refractivity contribution >= 4 is 29.2 Å². The first-order chi connectivity index (χ1) is 15.5. The van der Waals surface area contributed by atoms with E-state index in [1.54, 1.807) is 43.3 Å². The topological polar surface area (TPSA) is 85.0 Å². The molecule has 0 amide bonds. The van der Waals surface area contributed by atoms with Gasteiger partial charge in [-0.25, -0.2) is 4.79 Å². The van der Waals surface area contributed by atoms with Gasteiger partial charge in [-0.15, -0.1) is 0 Å². The van der Waals surface area contributed by atoms with Crippen molar-refractivity contribution in [3.63, 3.8) is 0 Å². The predicted molar refractivity (Wildman–Crippen MR) is 106 cm³/mol. The minimum absolute atomic E-state index is 0.203. The molecule has 3 aromatic rings. The van der Waals surface area contributed by atoms with Gasteiger partial charge >= 0.3 is 5.97 Å². The van der Waals surface area contributed by atoms with Crippen LogP contribution in [0.15, 0.2) is 58.7 Å². The molecule has 28 heavy (non-hydrogen) atoms. The van der Waals surface area contributed by atoms with Gasteiger partial charge in [-0.3, -0.25) is 0 Å². The monoisotopic (exact) mass is 392 g/mol. The number of oxazole rings is 1. The summed E-state index contributed by atoms with van der Waals surface area (Å²) in [4.78, 5) is 15.7. The van der Waals surface area contributed by atoms with Gasteiger partial charge in [-0.2, -0.15) is 4.98 Å². The van der Waals surface area contributed by atoms with E-state index in [0.717, 1.165) is 0 Å². The highest BCUT2D eigenvalue weighted by atomic mass is 16.5. The molecule has 1 heterocycles. The first-order valence-electron chi connectivity index (χ1n) is 11.0. The van der Waals surface area contributed by atoms with Crippen LogP contribution in [0.5, 0.6) is 5.75 Å². The summed E-state index contributed by atoms with van der Waals surface area (Å²) in [7, 11) is 0. The van der Waals surface area contributed by atoms with Crippen molar-refractivity contribution in [1.29, 1.82) is 0 Å². The Morgan fingerprint density at radius 3 is 2.79 bits per heavy atom. The Hall–Kier alpha value is -3.48. The second kappa shape index (κ2) is 8.94. The van der Waals surface area contributed by atoms with Gasteiger partial charge in [0, 0.05) is 11.1 Å². The van der Waals surface area contributed by atoms with Crippen LogP contribution in [0, 0.1) is 0 Å². The first-order valence-corrected chi connectivity index (χ1v) is 8.48. The molecule has 0 spiro atoms. The third-order valence-corrected chi connectivity index (χ3v) is 3.62. The van der Waals surface area contributed by atoms with Crippen LogP contribution in [0.3, 0.4) is 0 Å². The van der Waals surface area contributed by atoms with E-state index in [1.807, 2.05) is 0 Å². The summed E-state index contributed by atoms with van der Waals surface area (Å²) in [5, 5.41) is 9.13. The number of benzene rings is 2. The molecule has 7 nitrogen and oxygen atoms in total. The molecule has 0 aliphatic carbocycles. The summed E-state index contributed by atoms with van der Waals surface area (Å²) in [6, 6.07) is 12.4. The highest BCUT2D eigenvalue weighted by Gasteiger charge is 2.10. The highest BCUT2D eigenvalue weighted by Crippen LogP contribution is 2.21. The normalized spacial score (nSPS) is 15.0. The maximum Gasteiger partial charge on any atom is 0.371 e. The fraction of sp³-hybridized carbons (Fsp3) is 0.238. The minimum atomic E-state index is -2.89. The van der Waals surface area contributed by atoms with Crippen molar-refractivity contribution in [2.24, 2.45) is 0 Å². The Morgan fingerprint density at radius 1 is 1.32 bits per heavy atom. The zero-order chi connectivity index (χ0) is 24.2. The van der Waals surface area contributed by atoms with Gasteiger partial charge in [0.15, 0.2) is 5.58 Å². The van der Waals surface area contributed by atoms with Crippen molar-refractivity contribution in [3.8, 4) is 5.75 Å². The summed E-state index contributed by atoms with van der Waals surface area (Å²) in [6.45, 7) is -4.16. The molecule has 3 rings (SSSR count). The number of ether oxygens (including phenoxy) is 2. The van der Waals surface area contributed by atoms with Crippen LogP contribution in [-0.2, 0) is 9.53 Å². The van der Waals surface area contributed by atoms with Crippen LogP contribution in [0.4, 0.5) is 6.01 Å². The van der Waals surface area contributed by atoms with Gasteiger partial charge in [0.05, 0.1) is 15.8 Å². The average Bonchev–Trinajstić information content (AvgIpc) is 3.14. The number of hydrogen-bond donors (Lipinski definition) is 1. The molecule has 0 unspecified atom stereocenters. The largest absolute Gasteiger partial charge is 0.492 e. The second-order valence-electron chi connectivity index (χ2n) is 5.56. The number of aliphatic carboxylic acids is 1. The zero-order valence-corrected chi connectivity index (χ0v) is 15.1. The SMILES string of the molecule is [3H]C([3H])([3H])N(c1nc2ccccc2o1)C([3H])([3H])COc1ccc(/C=C(\OCC)C(=O)O)cc1. The molecule has 0 saturated carbocycles. The molecule has 1 N–H and O–H groups in total. The number of likely N-dealkylation sites (N-methyl/N-ethyl adjacent to an activating group) is 1. The number of hydrogen-bond acceptors (Lipinski definition) is 6. The van der Waals surface area contributed by atoms with Crippen LogP contribution in [0.25, 0.3) is 17.2 Å². The molecule has 1 aromatic heterocycles. The summed E-state index contributed by atoms with van der Waals surface area (Å²) in [6.07, 6.45) is 1.35. The van der Waals surface area contributed by atoms with Gasteiger partial charge in [0.25, 0.3) is 6.01 Å². The van der Waals surface area contributed by atoms with Crippen LogP contribution in [0.1, 0.15) is 19.3 Å². The standard InChI is InChI=1S/C21H22N2O5/c1-3-26-19(20(24)25)14-15-8-10-16(11-9-15)27-13-12-23(2)21-22-17-6-4-5-7-18(17)28-21/h4-11,14H,3,12-13H2,1-2H3,(H,24,25)/b19-14-/i2T3,12T2. The predicted octanol–water partition coefficient (Wildman–Crippen LogP) is 3.81. The molecular formula is C21H22N2O5. The Morgan fingerprint density at radius 2 is 2.11 bits per heavy atom. The van der Waals surface area contributed by atoms with Gasteiger partial charge in [-0.05, 0) is 42.8 Å². The summed E-state index contributed by atoms with van der Waals surface area (Å²) in [5.74, 6) is -1.16. The fourth-order valence-corrected chi connectivity index (χ4v) is 2.34. The molecule has 0 radical (unpaired) electrons. The van der Waals surface area contributed by atoms with E-state index in [4.69, 9.17) is 25.9 Å². The molecule has 0 aliphatic heterocycles. The molecule has 0 saturated heterocycles. The van der Waals surface area contributed by atoms with Crippen LogP contribution >= 0.6 is 0 Å². The number of carboxylic acid groups (broad SMARTS) is 1. The zero-order valence-electron chi connectivity index (χ0n) is 20.1. The molecule has 0 fully saturated rings. The Labute approximate surface area is 169 Å². The molecule has 146 valence electrons. The minimum Gasteiger partial charge on any atom is -0.492 e. The molecule has 0 bridgehead atoms. The molecule has 0 aliphatic rings. The molecular weight excluding hydrogens is 360 g/mol. The number of aromatic nitrogens is 1. The van der Waals surface area contributed by atoms with E-state index >= 15 is 0 Å². The van der Waals surface area contributed by atoms with Crippen molar-refractivity contribution in [2.45, 2.75) is 6.92 Å². The summed E-state index contributed by atoms with van der Waals surface area (Å²) < 4.78 is 56.1. The lowest BCUT2D eigenvalue weighted by Gasteiger charge is -2.14. The maximum atomic E-state index is 11.2. The van der Waals surface area contributed by atoms with Crippen molar-refractivity contribution < 1.29 is 30.6 Å².